The number of aryl methyl sites for hydroxylation is 1. The van der Waals surface area contributed by atoms with Gasteiger partial charge in [0.15, 0.2) is 0 Å². The van der Waals surface area contributed by atoms with Crippen molar-refractivity contribution >= 4 is 17.2 Å². The molecule has 2 aliphatic rings. The summed E-state index contributed by atoms with van der Waals surface area (Å²) in [4.78, 5) is 21.7. The molecule has 2 aliphatic heterocycles. The fourth-order valence-corrected chi connectivity index (χ4v) is 4.08. The summed E-state index contributed by atoms with van der Waals surface area (Å²) in [5.41, 5.74) is 1.16. The number of hydrogen-bond acceptors (Lipinski definition) is 6. The first kappa shape index (κ1) is 17.8. The maximum absolute atomic E-state index is 12.3. The van der Waals surface area contributed by atoms with Crippen LogP contribution in [0.25, 0.3) is 0 Å². The molecule has 0 unspecified atom stereocenters. The van der Waals surface area contributed by atoms with Gasteiger partial charge in [-0.25, -0.2) is 4.98 Å². The van der Waals surface area contributed by atoms with Crippen molar-refractivity contribution in [3.63, 3.8) is 0 Å². The van der Waals surface area contributed by atoms with Crippen LogP contribution in [0.2, 0.25) is 0 Å². The number of nitrogens with one attached hydrogen (secondary N) is 2. The predicted molar refractivity (Wildman–Crippen MR) is 97.2 cm³/mol. The summed E-state index contributed by atoms with van der Waals surface area (Å²) in [6, 6.07) is 0. The van der Waals surface area contributed by atoms with Gasteiger partial charge < -0.3 is 10.6 Å². The van der Waals surface area contributed by atoms with E-state index in [0.29, 0.717) is 0 Å². The van der Waals surface area contributed by atoms with E-state index < -0.39 is 0 Å². The molecular weight excluding hydrogens is 322 g/mol. The van der Waals surface area contributed by atoms with Crippen LogP contribution in [0.1, 0.15) is 23.5 Å². The summed E-state index contributed by atoms with van der Waals surface area (Å²) in [6.45, 7) is 11.0. The van der Waals surface area contributed by atoms with Crippen LogP contribution < -0.4 is 10.6 Å². The van der Waals surface area contributed by atoms with Crippen LogP contribution in [0.3, 0.4) is 0 Å². The molecule has 7 heteroatoms. The van der Waals surface area contributed by atoms with Gasteiger partial charge in [0, 0.05) is 57.1 Å². The first-order chi connectivity index (χ1) is 11.7. The van der Waals surface area contributed by atoms with Crippen LogP contribution in [-0.2, 0) is 11.3 Å². The third kappa shape index (κ3) is 5.24. The minimum atomic E-state index is 0.182. The summed E-state index contributed by atoms with van der Waals surface area (Å²) in [7, 11) is 0. The lowest BCUT2D eigenvalue weighted by molar-refractivity contribution is -0.126. The van der Waals surface area contributed by atoms with Gasteiger partial charge in [0.05, 0.1) is 10.7 Å². The molecule has 0 aromatic carbocycles. The number of rotatable bonds is 6. The Morgan fingerprint density at radius 3 is 2.71 bits per heavy atom. The van der Waals surface area contributed by atoms with Crippen LogP contribution in [0.4, 0.5) is 0 Å². The molecule has 2 saturated heterocycles. The highest BCUT2D eigenvalue weighted by Crippen LogP contribution is 2.19. The molecule has 6 nitrogen and oxygen atoms in total. The maximum Gasteiger partial charge on any atom is 0.223 e. The van der Waals surface area contributed by atoms with Crippen molar-refractivity contribution < 1.29 is 4.79 Å². The van der Waals surface area contributed by atoms with Crippen LogP contribution in [0.5, 0.6) is 0 Å². The Morgan fingerprint density at radius 2 is 2.04 bits per heavy atom. The van der Waals surface area contributed by atoms with Crippen molar-refractivity contribution in [3.8, 4) is 0 Å². The predicted octanol–water partition coefficient (Wildman–Crippen LogP) is 0.685. The van der Waals surface area contributed by atoms with Gasteiger partial charge in [-0.2, -0.15) is 0 Å². The molecule has 0 bridgehead atoms. The fraction of sp³-hybridized carbons (Fsp3) is 0.765. The van der Waals surface area contributed by atoms with Crippen molar-refractivity contribution in [3.05, 3.63) is 16.1 Å². The Bertz CT molecular complexity index is 521. The summed E-state index contributed by atoms with van der Waals surface area (Å²) >= 11 is 1.71. The maximum atomic E-state index is 12.3. The second kappa shape index (κ2) is 8.89. The molecule has 1 amide bonds. The van der Waals surface area contributed by atoms with E-state index in [1.54, 1.807) is 11.3 Å². The fourth-order valence-electron chi connectivity index (χ4n) is 3.48. The van der Waals surface area contributed by atoms with Gasteiger partial charge in [0.2, 0.25) is 5.91 Å². The number of piperidine rings is 1. The summed E-state index contributed by atoms with van der Waals surface area (Å²) in [6.07, 6.45) is 1.92. The Hall–Kier alpha value is -1.02. The number of amides is 1. The van der Waals surface area contributed by atoms with Crippen molar-refractivity contribution in [2.75, 3.05) is 52.4 Å². The zero-order chi connectivity index (χ0) is 16.8. The third-order valence-corrected chi connectivity index (χ3v) is 5.77. The average molecular weight is 352 g/mol. The number of likely N-dealkylation sites (tertiary alicyclic amines) is 1. The number of nitrogens with zero attached hydrogens (tertiary/aromatic N) is 3. The number of thiazole rings is 1. The molecule has 1 aromatic rings. The first-order valence-corrected chi connectivity index (χ1v) is 9.93. The van der Waals surface area contributed by atoms with Gasteiger partial charge in [0.25, 0.3) is 0 Å². The van der Waals surface area contributed by atoms with Crippen molar-refractivity contribution in [2.24, 2.45) is 5.92 Å². The van der Waals surface area contributed by atoms with Crippen LogP contribution >= 0.6 is 11.3 Å². The topological polar surface area (TPSA) is 60.5 Å². The number of hydrogen-bond donors (Lipinski definition) is 2. The van der Waals surface area contributed by atoms with Crippen molar-refractivity contribution in [2.45, 2.75) is 26.3 Å². The summed E-state index contributed by atoms with van der Waals surface area (Å²) < 4.78 is 0. The SMILES string of the molecule is Cc1nc(CN2CCC(C(=O)NCCN3CCNCC3)CC2)cs1. The van der Waals surface area contributed by atoms with Crippen LogP contribution in [0, 0.1) is 12.8 Å². The van der Waals surface area contributed by atoms with Crippen LogP contribution in [0.15, 0.2) is 5.38 Å². The lowest BCUT2D eigenvalue weighted by atomic mass is 9.96. The molecule has 3 rings (SSSR count). The largest absolute Gasteiger partial charge is 0.355 e. The van der Waals surface area contributed by atoms with E-state index in [9.17, 15) is 4.79 Å². The summed E-state index contributed by atoms with van der Waals surface area (Å²) in [5.74, 6) is 0.427. The Kier molecular flexibility index (Phi) is 6.59. The quantitative estimate of drug-likeness (QED) is 0.789. The molecule has 24 heavy (non-hydrogen) atoms. The van der Waals surface area contributed by atoms with Gasteiger partial charge in [-0.15, -0.1) is 11.3 Å². The third-order valence-electron chi connectivity index (χ3n) is 4.95. The zero-order valence-corrected chi connectivity index (χ0v) is 15.4. The van der Waals surface area contributed by atoms with Crippen molar-refractivity contribution in [1.29, 1.82) is 0 Å². The minimum Gasteiger partial charge on any atom is -0.355 e. The number of piperazine rings is 1. The Morgan fingerprint density at radius 1 is 1.29 bits per heavy atom. The molecule has 2 fully saturated rings. The van der Waals surface area contributed by atoms with E-state index in [2.05, 4.69) is 30.8 Å². The molecule has 0 atom stereocenters. The molecule has 134 valence electrons. The molecule has 0 radical (unpaired) electrons. The Balaban J connectivity index is 1.32. The molecule has 0 aliphatic carbocycles. The van der Waals surface area contributed by atoms with Gasteiger partial charge in [-0.05, 0) is 32.9 Å². The van der Waals surface area contributed by atoms with E-state index >= 15 is 0 Å². The van der Waals surface area contributed by atoms with E-state index in [1.807, 2.05) is 6.92 Å². The average Bonchev–Trinajstić information content (AvgIpc) is 3.01. The van der Waals surface area contributed by atoms with Gasteiger partial charge in [-0.1, -0.05) is 0 Å². The normalized spacial score (nSPS) is 21.0. The number of aromatic nitrogens is 1. The number of carbonyl (C=O) groups excluding carboxylic acids is 1. The summed E-state index contributed by atoms with van der Waals surface area (Å²) in [5, 5.41) is 9.76. The second-order valence-electron chi connectivity index (χ2n) is 6.79. The molecule has 0 spiro atoms. The zero-order valence-electron chi connectivity index (χ0n) is 14.6. The molecular formula is C17H29N5OS. The lowest BCUT2D eigenvalue weighted by Crippen LogP contribution is -2.47. The monoisotopic (exact) mass is 351 g/mol. The highest BCUT2D eigenvalue weighted by atomic mass is 32.1. The van der Waals surface area contributed by atoms with E-state index in [0.717, 1.165) is 82.4 Å². The second-order valence-corrected chi connectivity index (χ2v) is 7.85. The highest BCUT2D eigenvalue weighted by molar-refractivity contribution is 7.09. The number of carbonyl (C=O) groups is 1. The van der Waals surface area contributed by atoms with Gasteiger partial charge in [0.1, 0.15) is 0 Å². The molecule has 1 aromatic heterocycles. The Labute approximate surface area is 148 Å². The first-order valence-electron chi connectivity index (χ1n) is 9.05. The smallest absolute Gasteiger partial charge is 0.223 e. The van der Waals surface area contributed by atoms with Gasteiger partial charge >= 0.3 is 0 Å². The van der Waals surface area contributed by atoms with E-state index in [-0.39, 0.29) is 11.8 Å². The lowest BCUT2D eigenvalue weighted by Gasteiger charge is -2.31. The minimum absolute atomic E-state index is 0.182. The van der Waals surface area contributed by atoms with Crippen molar-refractivity contribution in [1.82, 2.24) is 25.4 Å². The molecule has 3 heterocycles. The van der Waals surface area contributed by atoms with E-state index in [4.69, 9.17) is 0 Å². The molecule has 0 saturated carbocycles. The highest BCUT2D eigenvalue weighted by Gasteiger charge is 2.25. The van der Waals surface area contributed by atoms with Gasteiger partial charge in [-0.3, -0.25) is 14.6 Å². The van der Waals surface area contributed by atoms with E-state index in [1.165, 1.54) is 0 Å². The molecule has 2 N–H and O–H groups in total. The van der Waals surface area contributed by atoms with Crippen LogP contribution in [-0.4, -0.2) is 73.0 Å². The standard InChI is InChI=1S/C17H29N5OS/c1-14-20-16(13-24-14)12-22-7-2-15(3-8-22)17(23)19-6-11-21-9-4-18-5-10-21/h13,15,18H,2-12H2,1H3,(H,19,23).